The zero-order valence-corrected chi connectivity index (χ0v) is 16.9. The summed E-state index contributed by atoms with van der Waals surface area (Å²) in [5.74, 6) is 1.88. The van der Waals surface area contributed by atoms with E-state index in [0.29, 0.717) is 6.42 Å². The molecule has 0 aliphatic carbocycles. The highest BCUT2D eigenvalue weighted by molar-refractivity contribution is 5.79. The summed E-state index contributed by atoms with van der Waals surface area (Å²) in [6, 6.07) is 11.8. The van der Waals surface area contributed by atoms with Crippen LogP contribution in [0.1, 0.15) is 41.5 Å². The van der Waals surface area contributed by atoms with E-state index in [1.165, 1.54) is 5.56 Å². The van der Waals surface area contributed by atoms with E-state index in [9.17, 15) is 4.79 Å². The Morgan fingerprint density at radius 1 is 1.21 bits per heavy atom. The molecule has 1 aliphatic heterocycles. The minimum absolute atomic E-state index is 0.0173. The molecule has 3 aromatic rings. The minimum Gasteiger partial charge on any atom is -0.497 e. The summed E-state index contributed by atoms with van der Waals surface area (Å²) in [5.41, 5.74) is 3.25. The van der Waals surface area contributed by atoms with Crippen molar-refractivity contribution >= 4 is 5.91 Å². The van der Waals surface area contributed by atoms with Gasteiger partial charge < -0.3 is 14.2 Å². The van der Waals surface area contributed by atoms with Gasteiger partial charge in [0.15, 0.2) is 0 Å². The van der Waals surface area contributed by atoms with Gasteiger partial charge >= 0.3 is 0 Å². The molecule has 1 aliphatic rings. The molecule has 0 bridgehead atoms. The Kier molecular flexibility index (Phi) is 5.60. The van der Waals surface area contributed by atoms with Crippen LogP contribution in [-0.4, -0.2) is 39.0 Å². The van der Waals surface area contributed by atoms with Gasteiger partial charge in [-0.05, 0) is 55.2 Å². The summed E-state index contributed by atoms with van der Waals surface area (Å²) < 4.78 is 7.50. The van der Waals surface area contributed by atoms with E-state index < -0.39 is 0 Å². The summed E-state index contributed by atoms with van der Waals surface area (Å²) in [5, 5.41) is 0. The monoisotopic (exact) mass is 390 g/mol. The van der Waals surface area contributed by atoms with Crippen molar-refractivity contribution in [3.63, 3.8) is 0 Å². The van der Waals surface area contributed by atoms with E-state index in [4.69, 9.17) is 9.72 Å². The molecule has 6 nitrogen and oxygen atoms in total. The smallest absolute Gasteiger partial charge is 0.227 e. The van der Waals surface area contributed by atoms with Crippen LogP contribution in [0.3, 0.4) is 0 Å². The zero-order chi connectivity index (χ0) is 20.2. The number of aryl methyl sites for hydroxylation is 1. The average Bonchev–Trinajstić information content (AvgIpc) is 3.36. The average molecular weight is 390 g/mol. The predicted octanol–water partition coefficient (Wildman–Crippen LogP) is 3.55. The predicted molar refractivity (Wildman–Crippen MR) is 111 cm³/mol. The molecule has 0 N–H and O–H groups in total. The number of carbonyl (C=O) groups excluding carboxylic acids is 1. The number of carbonyl (C=O) groups is 1. The van der Waals surface area contributed by atoms with Crippen LogP contribution >= 0.6 is 0 Å². The Morgan fingerprint density at radius 3 is 2.83 bits per heavy atom. The van der Waals surface area contributed by atoms with Gasteiger partial charge in [-0.15, -0.1) is 0 Å². The maximum atomic E-state index is 13.1. The number of imidazole rings is 1. The second-order valence-corrected chi connectivity index (χ2v) is 7.47. The molecule has 1 aromatic carbocycles. The third-order valence-electron chi connectivity index (χ3n) is 5.54. The molecule has 2 aromatic heterocycles. The molecule has 1 atom stereocenters. The first-order chi connectivity index (χ1) is 14.2. The maximum absolute atomic E-state index is 13.1. The van der Waals surface area contributed by atoms with Crippen molar-refractivity contribution in [1.82, 2.24) is 19.4 Å². The molecule has 150 valence electrons. The van der Waals surface area contributed by atoms with Crippen LogP contribution < -0.4 is 4.74 Å². The highest BCUT2D eigenvalue weighted by Crippen LogP contribution is 2.32. The van der Waals surface area contributed by atoms with Gasteiger partial charge in [-0.1, -0.05) is 12.1 Å². The molecular formula is C23H26N4O2. The van der Waals surface area contributed by atoms with Crippen molar-refractivity contribution in [2.24, 2.45) is 0 Å². The second kappa shape index (κ2) is 8.47. The first-order valence-electron chi connectivity index (χ1n) is 9.99. The molecule has 1 amide bonds. The lowest BCUT2D eigenvalue weighted by molar-refractivity contribution is -0.131. The summed E-state index contributed by atoms with van der Waals surface area (Å²) in [6.07, 6.45) is 7.82. The Bertz CT molecular complexity index is 984. The van der Waals surface area contributed by atoms with Crippen molar-refractivity contribution in [1.29, 1.82) is 0 Å². The van der Waals surface area contributed by atoms with Crippen LogP contribution in [0.25, 0.3) is 0 Å². The number of amides is 1. The van der Waals surface area contributed by atoms with Crippen molar-refractivity contribution in [3.05, 3.63) is 77.6 Å². The topological polar surface area (TPSA) is 60.2 Å². The number of methoxy groups -OCH3 is 1. The Hall–Kier alpha value is -3.15. The molecule has 1 fully saturated rings. The Morgan fingerprint density at radius 2 is 2.03 bits per heavy atom. The van der Waals surface area contributed by atoms with Gasteiger partial charge in [0.05, 0.1) is 19.6 Å². The lowest BCUT2D eigenvalue weighted by Gasteiger charge is -2.25. The van der Waals surface area contributed by atoms with E-state index in [1.807, 2.05) is 47.5 Å². The SMILES string of the molecule is COc1cccc(CC(=O)N2CCCC2c2ncc(C)n2Cc2ccncc2)c1. The number of likely N-dealkylation sites (tertiary alicyclic amines) is 1. The van der Waals surface area contributed by atoms with Gasteiger partial charge in [-0.2, -0.15) is 0 Å². The summed E-state index contributed by atoms with van der Waals surface area (Å²) in [6.45, 7) is 3.57. The summed E-state index contributed by atoms with van der Waals surface area (Å²) in [7, 11) is 1.64. The molecule has 0 radical (unpaired) electrons. The van der Waals surface area contributed by atoms with E-state index >= 15 is 0 Å². The van der Waals surface area contributed by atoms with Crippen LogP contribution in [0.2, 0.25) is 0 Å². The first kappa shape index (κ1) is 19.2. The lowest BCUT2D eigenvalue weighted by Crippen LogP contribution is -2.33. The van der Waals surface area contributed by atoms with Crippen LogP contribution in [0.4, 0.5) is 0 Å². The van der Waals surface area contributed by atoms with E-state index in [2.05, 4.69) is 16.5 Å². The second-order valence-electron chi connectivity index (χ2n) is 7.47. The molecule has 3 heterocycles. The van der Waals surface area contributed by atoms with Gasteiger partial charge in [0.1, 0.15) is 11.6 Å². The van der Waals surface area contributed by atoms with Crippen molar-refractivity contribution in [2.45, 2.75) is 38.8 Å². The fraction of sp³-hybridized carbons (Fsp3) is 0.348. The van der Waals surface area contributed by atoms with Crippen molar-refractivity contribution in [2.75, 3.05) is 13.7 Å². The zero-order valence-electron chi connectivity index (χ0n) is 16.9. The summed E-state index contributed by atoms with van der Waals surface area (Å²) >= 11 is 0. The highest BCUT2D eigenvalue weighted by atomic mass is 16.5. The third kappa shape index (κ3) is 4.16. The van der Waals surface area contributed by atoms with E-state index in [-0.39, 0.29) is 11.9 Å². The van der Waals surface area contributed by atoms with Crippen LogP contribution in [0.15, 0.2) is 55.0 Å². The number of nitrogens with zero attached hydrogens (tertiary/aromatic N) is 4. The normalized spacial score (nSPS) is 16.2. The van der Waals surface area contributed by atoms with E-state index in [0.717, 1.165) is 48.8 Å². The van der Waals surface area contributed by atoms with Crippen LogP contribution in [0.5, 0.6) is 5.75 Å². The molecule has 1 unspecified atom stereocenters. The Labute approximate surface area is 171 Å². The van der Waals surface area contributed by atoms with Crippen LogP contribution in [0, 0.1) is 6.92 Å². The number of rotatable bonds is 6. The molecule has 29 heavy (non-hydrogen) atoms. The molecule has 4 rings (SSSR count). The number of ether oxygens (including phenoxy) is 1. The van der Waals surface area contributed by atoms with Crippen molar-refractivity contribution in [3.8, 4) is 5.75 Å². The number of aromatic nitrogens is 3. The molecule has 6 heteroatoms. The number of hydrogen-bond donors (Lipinski definition) is 0. The fourth-order valence-corrected chi connectivity index (χ4v) is 4.01. The number of benzene rings is 1. The lowest BCUT2D eigenvalue weighted by atomic mass is 10.1. The summed E-state index contributed by atoms with van der Waals surface area (Å²) in [4.78, 5) is 23.9. The molecule has 0 spiro atoms. The minimum atomic E-state index is 0.0173. The van der Waals surface area contributed by atoms with Gasteiger partial charge in [0.25, 0.3) is 0 Å². The molecule has 1 saturated heterocycles. The van der Waals surface area contributed by atoms with Gasteiger partial charge in [0.2, 0.25) is 5.91 Å². The Balaban J connectivity index is 1.55. The highest BCUT2D eigenvalue weighted by Gasteiger charge is 2.33. The van der Waals surface area contributed by atoms with Gasteiger partial charge in [0, 0.05) is 37.4 Å². The third-order valence-corrected chi connectivity index (χ3v) is 5.54. The molecular weight excluding hydrogens is 364 g/mol. The van der Waals surface area contributed by atoms with E-state index in [1.54, 1.807) is 19.5 Å². The van der Waals surface area contributed by atoms with Gasteiger partial charge in [-0.25, -0.2) is 4.98 Å². The maximum Gasteiger partial charge on any atom is 0.227 e. The quantitative estimate of drug-likeness (QED) is 0.646. The van der Waals surface area contributed by atoms with Crippen LogP contribution in [-0.2, 0) is 17.8 Å². The number of hydrogen-bond acceptors (Lipinski definition) is 4. The fourth-order valence-electron chi connectivity index (χ4n) is 4.01. The standard InChI is InChI=1S/C23H26N4O2/c1-17-15-25-23(27(17)16-18-8-10-24-11-9-18)21-7-4-12-26(21)22(28)14-19-5-3-6-20(13-19)29-2/h3,5-6,8-11,13,15,21H,4,7,12,14,16H2,1-2H3. The number of pyridine rings is 1. The largest absolute Gasteiger partial charge is 0.497 e. The van der Waals surface area contributed by atoms with Crippen molar-refractivity contribution < 1.29 is 9.53 Å². The van der Waals surface area contributed by atoms with Gasteiger partial charge in [-0.3, -0.25) is 9.78 Å². The molecule has 0 saturated carbocycles. The first-order valence-corrected chi connectivity index (χ1v) is 9.99.